The number of nitrogens with one attached hydrogen (secondary N) is 1. The molecule has 1 atom stereocenters. The quantitative estimate of drug-likeness (QED) is 0.893. The van der Waals surface area contributed by atoms with Crippen LogP contribution in [0.1, 0.15) is 45.6 Å². The Hall–Kier alpha value is -1.09. The molecule has 0 amide bonds. The minimum atomic E-state index is 0.149. The van der Waals surface area contributed by atoms with Gasteiger partial charge in [0.2, 0.25) is 5.88 Å². The molecule has 0 aromatic carbocycles. The van der Waals surface area contributed by atoms with E-state index in [-0.39, 0.29) is 5.41 Å². The van der Waals surface area contributed by atoms with Gasteiger partial charge in [0, 0.05) is 18.3 Å². The number of aromatic nitrogens is 1. The molecule has 2 rings (SSSR count). The van der Waals surface area contributed by atoms with Crippen LogP contribution in [0.5, 0.6) is 5.88 Å². The molecule has 1 N–H and O–H groups in total. The third kappa shape index (κ3) is 3.70. The summed E-state index contributed by atoms with van der Waals surface area (Å²) in [5, 5.41) is 3.47. The van der Waals surface area contributed by atoms with E-state index in [9.17, 15) is 0 Å². The van der Waals surface area contributed by atoms with Crippen LogP contribution in [0.15, 0.2) is 18.3 Å². The smallest absolute Gasteiger partial charge is 0.213 e. The van der Waals surface area contributed by atoms with Gasteiger partial charge in [-0.25, -0.2) is 4.98 Å². The Balaban J connectivity index is 1.86. The van der Waals surface area contributed by atoms with Gasteiger partial charge in [-0.2, -0.15) is 0 Å². The van der Waals surface area contributed by atoms with Crippen LogP contribution in [0.3, 0.4) is 0 Å². The second-order valence-electron chi connectivity index (χ2n) is 6.09. The molecule has 0 saturated carbocycles. The molecule has 0 radical (unpaired) electrons. The van der Waals surface area contributed by atoms with E-state index >= 15 is 0 Å². The molecule has 1 aliphatic rings. The van der Waals surface area contributed by atoms with Crippen LogP contribution in [0.25, 0.3) is 0 Å². The average Bonchev–Trinajstić information content (AvgIpc) is 2.37. The van der Waals surface area contributed by atoms with Crippen molar-refractivity contribution < 1.29 is 4.74 Å². The number of hydrogen-bond acceptors (Lipinski definition) is 3. The number of ether oxygens (including phenoxy) is 1. The molecule has 18 heavy (non-hydrogen) atoms. The Kier molecular flexibility index (Phi) is 4.23. The van der Waals surface area contributed by atoms with E-state index < -0.39 is 0 Å². The number of hydrogen-bond donors (Lipinski definition) is 1. The van der Waals surface area contributed by atoms with Crippen molar-refractivity contribution in [3.8, 4) is 5.88 Å². The van der Waals surface area contributed by atoms with Crippen molar-refractivity contribution in [2.75, 3.05) is 13.2 Å². The molecule has 1 saturated heterocycles. The first-order valence-corrected chi connectivity index (χ1v) is 6.88. The summed E-state index contributed by atoms with van der Waals surface area (Å²) in [4.78, 5) is 4.38. The molecule has 3 nitrogen and oxygen atoms in total. The highest BCUT2D eigenvalue weighted by Crippen LogP contribution is 2.22. The Morgan fingerprint density at radius 2 is 2.17 bits per heavy atom. The Morgan fingerprint density at radius 3 is 2.72 bits per heavy atom. The fourth-order valence-corrected chi connectivity index (χ4v) is 2.16. The SMILES string of the molecule is CC(C)(C)c1ccc(OCC2CCCCN2)nc1. The van der Waals surface area contributed by atoms with Crippen molar-refractivity contribution in [3.63, 3.8) is 0 Å². The molecule has 1 aromatic rings. The van der Waals surface area contributed by atoms with Gasteiger partial charge < -0.3 is 10.1 Å². The zero-order valence-electron chi connectivity index (χ0n) is 11.7. The minimum Gasteiger partial charge on any atom is -0.476 e. The van der Waals surface area contributed by atoms with Gasteiger partial charge in [-0.1, -0.05) is 33.3 Å². The van der Waals surface area contributed by atoms with Crippen LogP contribution in [0.2, 0.25) is 0 Å². The Morgan fingerprint density at radius 1 is 1.33 bits per heavy atom. The first-order valence-electron chi connectivity index (χ1n) is 6.88. The van der Waals surface area contributed by atoms with Gasteiger partial charge >= 0.3 is 0 Å². The Labute approximate surface area is 110 Å². The molecular weight excluding hydrogens is 224 g/mol. The number of piperidine rings is 1. The molecule has 100 valence electrons. The summed E-state index contributed by atoms with van der Waals surface area (Å²) >= 11 is 0. The summed E-state index contributed by atoms with van der Waals surface area (Å²) < 4.78 is 5.74. The maximum atomic E-state index is 5.74. The molecule has 2 heterocycles. The van der Waals surface area contributed by atoms with Crippen LogP contribution in [0.4, 0.5) is 0 Å². The number of pyridine rings is 1. The zero-order valence-corrected chi connectivity index (χ0v) is 11.7. The fourth-order valence-electron chi connectivity index (χ4n) is 2.16. The molecule has 3 heteroatoms. The van der Waals surface area contributed by atoms with Gasteiger partial charge in [-0.15, -0.1) is 0 Å². The number of rotatable bonds is 3. The van der Waals surface area contributed by atoms with Crippen molar-refractivity contribution in [1.82, 2.24) is 10.3 Å². The van der Waals surface area contributed by atoms with Gasteiger partial charge in [0.25, 0.3) is 0 Å². The zero-order chi connectivity index (χ0) is 13.0. The molecule has 0 bridgehead atoms. The summed E-state index contributed by atoms with van der Waals surface area (Å²) in [5.41, 5.74) is 1.39. The van der Waals surface area contributed by atoms with Crippen molar-refractivity contribution in [2.24, 2.45) is 0 Å². The summed E-state index contributed by atoms with van der Waals surface area (Å²) in [6, 6.07) is 4.57. The van der Waals surface area contributed by atoms with E-state index in [2.05, 4.69) is 37.1 Å². The lowest BCUT2D eigenvalue weighted by Gasteiger charge is -2.23. The Bertz CT molecular complexity index is 361. The highest BCUT2D eigenvalue weighted by atomic mass is 16.5. The first kappa shape index (κ1) is 13.3. The van der Waals surface area contributed by atoms with E-state index in [1.165, 1.54) is 24.8 Å². The standard InChI is InChI=1S/C15H24N2O/c1-15(2,3)12-7-8-14(17-10-12)18-11-13-6-4-5-9-16-13/h7-8,10,13,16H,4-6,9,11H2,1-3H3. The van der Waals surface area contributed by atoms with Gasteiger partial charge in [0.05, 0.1) is 0 Å². The van der Waals surface area contributed by atoms with Crippen LogP contribution in [0, 0.1) is 0 Å². The minimum absolute atomic E-state index is 0.149. The topological polar surface area (TPSA) is 34.1 Å². The molecular formula is C15H24N2O. The summed E-state index contributed by atoms with van der Waals surface area (Å²) in [7, 11) is 0. The van der Waals surface area contributed by atoms with Crippen LogP contribution >= 0.6 is 0 Å². The van der Waals surface area contributed by atoms with Crippen molar-refractivity contribution in [1.29, 1.82) is 0 Å². The maximum Gasteiger partial charge on any atom is 0.213 e. The van der Waals surface area contributed by atoms with Gasteiger partial charge in [-0.3, -0.25) is 0 Å². The predicted molar refractivity (Wildman–Crippen MR) is 74.1 cm³/mol. The lowest BCUT2D eigenvalue weighted by Crippen LogP contribution is -2.38. The molecule has 1 aromatic heterocycles. The average molecular weight is 248 g/mol. The third-order valence-corrected chi connectivity index (χ3v) is 3.45. The van der Waals surface area contributed by atoms with Crippen molar-refractivity contribution in [2.45, 2.75) is 51.5 Å². The van der Waals surface area contributed by atoms with Crippen LogP contribution in [-0.2, 0) is 5.41 Å². The fraction of sp³-hybridized carbons (Fsp3) is 0.667. The largest absolute Gasteiger partial charge is 0.476 e. The first-order chi connectivity index (χ1) is 8.55. The molecule has 1 aliphatic heterocycles. The summed E-state index contributed by atoms with van der Waals surface area (Å²) in [6.07, 6.45) is 5.72. The monoisotopic (exact) mass is 248 g/mol. The number of nitrogens with zero attached hydrogens (tertiary/aromatic N) is 1. The van der Waals surface area contributed by atoms with E-state index in [0.717, 1.165) is 19.0 Å². The van der Waals surface area contributed by atoms with Crippen LogP contribution < -0.4 is 10.1 Å². The molecule has 0 spiro atoms. The molecule has 1 unspecified atom stereocenters. The van der Waals surface area contributed by atoms with Crippen molar-refractivity contribution >= 4 is 0 Å². The van der Waals surface area contributed by atoms with E-state index in [4.69, 9.17) is 4.74 Å². The van der Waals surface area contributed by atoms with E-state index in [1.807, 2.05) is 12.3 Å². The molecule has 1 fully saturated rings. The second-order valence-corrected chi connectivity index (χ2v) is 6.09. The molecule has 0 aliphatic carbocycles. The highest BCUT2D eigenvalue weighted by molar-refractivity contribution is 5.23. The highest BCUT2D eigenvalue weighted by Gasteiger charge is 2.15. The van der Waals surface area contributed by atoms with E-state index in [0.29, 0.717) is 6.04 Å². The second kappa shape index (κ2) is 5.70. The normalized spacial score (nSPS) is 20.7. The lowest BCUT2D eigenvalue weighted by atomic mass is 9.88. The van der Waals surface area contributed by atoms with Gasteiger partial charge in [-0.05, 0) is 30.4 Å². The summed E-state index contributed by atoms with van der Waals surface area (Å²) in [6.45, 7) is 8.41. The van der Waals surface area contributed by atoms with Crippen molar-refractivity contribution in [3.05, 3.63) is 23.9 Å². The van der Waals surface area contributed by atoms with Gasteiger partial charge in [0.1, 0.15) is 6.61 Å². The maximum absolute atomic E-state index is 5.74. The van der Waals surface area contributed by atoms with Gasteiger partial charge in [0.15, 0.2) is 0 Å². The summed E-state index contributed by atoms with van der Waals surface area (Å²) in [5.74, 6) is 0.732. The predicted octanol–water partition coefficient (Wildman–Crippen LogP) is 2.90. The van der Waals surface area contributed by atoms with E-state index in [1.54, 1.807) is 0 Å². The van der Waals surface area contributed by atoms with Crippen LogP contribution in [-0.4, -0.2) is 24.2 Å². The lowest BCUT2D eigenvalue weighted by molar-refractivity contribution is 0.232. The third-order valence-electron chi connectivity index (χ3n) is 3.45.